The number of amides is 3. The fraction of sp³-hybridized carbons (Fsp3) is 0.222. The Kier molecular flexibility index (Phi) is 9.14. The van der Waals surface area contributed by atoms with Gasteiger partial charge in [-0.1, -0.05) is 0 Å². The zero-order valence-electron chi connectivity index (χ0n) is 21.8. The van der Waals surface area contributed by atoms with E-state index in [1.165, 1.54) is 13.2 Å². The highest BCUT2D eigenvalue weighted by atomic mass is 19.4. The summed E-state index contributed by atoms with van der Waals surface area (Å²) in [5.74, 6) is 1.26. The lowest BCUT2D eigenvalue weighted by Crippen LogP contribution is -2.20. The summed E-state index contributed by atoms with van der Waals surface area (Å²) in [7, 11) is 1.24. The summed E-state index contributed by atoms with van der Waals surface area (Å²) >= 11 is 0. The number of nitrogens with one attached hydrogen (secondary N) is 4. The van der Waals surface area contributed by atoms with Gasteiger partial charge in [-0.2, -0.15) is 13.2 Å². The number of imidazole rings is 1. The minimum atomic E-state index is -4.59. The molecule has 0 saturated carbocycles. The largest absolute Gasteiger partial charge is 0.491 e. The summed E-state index contributed by atoms with van der Waals surface area (Å²) in [6.07, 6.45) is -3.95. The van der Waals surface area contributed by atoms with E-state index in [-0.39, 0.29) is 24.0 Å². The van der Waals surface area contributed by atoms with Crippen molar-refractivity contribution in [1.82, 2.24) is 9.97 Å². The molecule has 3 aromatic carbocycles. The van der Waals surface area contributed by atoms with Gasteiger partial charge in [0.15, 0.2) is 0 Å². The van der Waals surface area contributed by atoms with Crippen LogP contribution in [0.2, 0.25) is 0 Å². The number of nitrogens with zero attached hydrogens (tertiary/aromatic N) is 1. The number of H-pyrrole nitrogens is 1. The molecule has 1 aromatic heterocycles. The monoisotopic (exact) mass is 572 g/mol. The molecule has 0 aliphatic rings. The summed E-state index contributed by atoms with van der Waals surface area (Å²) in [6, 6.07) is 13.5. The van der Waals surface area contributed by atoms with Gasteiger partial charge in [0, 0.05) is 11.8 Å². The molecule has 0 saturated heterocycles. The molecule has 4 rings (SSSR count). The molecule has 0 atom stereocenters. The van der Waals surface area contributed by atoms with Crippen LogP contribution >= 0.6 is 0 Å². The maximum Gasteiger partial charge on any atom is 0.416 e. The van der Waals surface area contributed by atoms with Crippen LogP contribution in [0.15, 0.2) is 60.7 Å². The second kappa shape index (κ2) is 12.9. The number of nitrogens with two attached hydrogens (primary N) is 1. The molecule has 0 spiro atoms. The average molecular weight is 573 g/mol. The fourth-order valence-corrected chi connectivity index (χ4v) is 3.64. The smallest absolute Gasteiger partial charge is 0.416 e. The van der Waals surface area contributed by atoms with Gasteiger partial charge >= 0.3 is 18.3 Å². The zero-order chi connectivity index (χ0) is 29.4. The molecule has 0 aliphatic heterocycles. The third kappa shape index (κ3) is 8.02. The minimum Gasteiger partial charge on any atom is -0.491 e. The predicted octanol–water partition coefficient (Wildman–Crippen LogP) is 6.31. The van der Waals surface area contributed by atoms with Gasteiger partial charge in [0.05, 0.1) is 36.0 Å². The molecule has 0 radical (unpaired) electrons. The van der Waals surface area contributed by atoms with Crippen LogP contribution in [0.3, 0.4) is 0 Å². The zero-order valence-corrected chi connectivity index (χ0v) is 21.8. The molecule has 41 heavy (non-hydrogen) atoms. The number of carbonyl (C=O) groups is 2. The van der Waals surface area contributed by atoms with E-state index < -0.39 is 23.9 Å². The number of benzene rings is 3. The van der Waals surface area contributed by atoms with Crippen molar-refractivity contribution in [2.45, 2.75) is 19.0 Å². The Labute approximate surface area is 232 Å². The molecule has 6 N–H and O–H groups in total. The second-order valence-electron chi connectivity index (χ2n) is 8.64. The quantitative estimate of drug-likeness (QED) is 0.140. The summed E-state index contributed by atoms with van der Waals surface area (Å²) in [5, 5.41) is 7.44. The molecule has 4 aromatic rings. The minimum absolute atomic E-state index is 0.108. The van der Waals surface area contributed by atoms with Crippen LogP contribution in [0.5, 0.6) is 17.2 Å². The molecule has 0 aliphatic carbocycles. The van der Waals surface area contributed by atoms with Crippen molar-refractivity contribution in [3.8, 4) is 17.2 Å². The molecule has 216 valence electrons. The van der Waals surface area contributed by atoms with Crippen LogP contribution in [-0.2, 0) is 10.9 Å². The SMILES string of the molecule is COC(=O)Nc1nc2ccc(Oc3ccc(NC(=O)Nc4cc(C(F)(F)F)ccc4OCCCCN)cc3)cc2[nH]1. The molecular weight excluding hydrogens is 545 g/mol. The van der Waals surface area contributed by atoms with Crippen LogP contribution in [-0.4, -0.2) is 42.4 Å². The lowest BCUT2D eigenvalue weighted by molar-refractivity contribution is -0.137. The van der Waals surface area contributed by atoms with E-state index in [0.29, 0.717) is 47.6 Å². The van der Waals surface area contributed by atoms with Gasteiger partial charge < -0.3 is 35.6 Å². The first-order chi connectivity index (χ1) is 19.6. The maximum absolute atomic E-state index is 13.2. The number of hydrogen-bond donors (Lipinski definition) is 5. The van der Waals surface area contributed by atoms with E-state index in [4.69, 9.17) is 15.2 Å². The normalized spacial score (nSPS) is 11.1. The first kappa shape index (κ1) is 29.0. The van der Waals surface area contributed by atoms with E-state index in [0.717, 1.165) is 12.1 Å². The average Bonchev–Trinajstić information content (AvgIpc) is 3.33. The van der Waals surface area contributed by atoms with E-state index in [1.807, 2.05) is 0 Å². The van der Waals surface area contributed by atoms with Crippen molar-refractivity contribution >= 4 is 40.5 Å². The number of hydrogen-bond acceptors (Lipinski definition) is 7. The lowest BCUT2D eigenvalue weighted by atomic mass is 10.1. The predicted molar refractivity (Wildman–Crippen MR) is 147 cm³/mol. The van der Waals surface area contributed by atoms with Crippen LogP contribution in [0.4, 0.5) is 40.1 Å². The Morgan fingerprint density at radius 3 is 2.41 bits per heavy atom. The van der Waals surface area contributed by atoms with Crippen molar-refractivity contribution in [2.24, 2.45) is 5.73 Å². The van der Waals surface area contributed by atoms with Crippen molar-refractivity contribution in [3.05, 3.63) is 66.2 Å². The fourth-order valence-electron chi connectivity index (χ4n) is 3.64. The van der Waals surface area contributed by atoms with Crippen molar-refractivity contribution in [3.63, 3.8) is 0 Å². The Balaban J connectivity index is 1.39. The third-order valence-corrected chi connectivity index (χ3v) is 5.62. The summed E-state index contributed by atoms with van der Waals surface area (Å²) < 4.78 is 55.7. The van der Waals surface area contributed by atoms with Gasteiger partial charge in [-0.3, -0.25) is 5.32 Å². The highest BCUT2D eigenvalue weighted by molar-refractivity contribution is 6.00. The number of halogens is 3. The van der Waals surface area contributed by atoms with Crippen molar-refractivity contribution < 1.29 is 37.0 Å². The standard InChI is InChI=1S/C27H27F3N6O5/c1-39-26(38)36-24-33-20-10-9-19(15-21(20)34-24)41-18-7-5-17(6-8-18)32-25(37)35-22-14-16(27(28,29)30)4-11-23(22)40-13-3-2-12-31/h4-11,14-15H,2-3,12-13,31H2,1H3,(H2,32,35,37)(H2,33,34,36,38). The Morgan fingerprint density at radius 2 is 1.71 bits per heavy atom. The molecular formula is C27H27F3N6O5. The number of aromatic amines is 1. The summed E-state index contributed by atoms with van der Waals surface area (Å²) in [6.45, 7) is 0.698. The highest BCUT2D eigenvalue weighted by Crippen LogP contribution is 2.35. The van der Waals surface area contributed by atoms with Crippen LogP contribution in [0.1, 0.15) is 18.4 Å². The summed E-state index contributed by atoms with van der Waals surface area (Å²) in [4.78, 5) is 31.1. The first-order valence-electron chi connectivity index (χ1n) is 12.4. The number of ether oxygens (including phenoxy) is 3. The number of urea groups is 1. The molecule has 11 nitrogen and oxygen atoms in total. The van der Waals surface area contributed by atoms with Crippen LogP contribution in [0.25, 0.3) is 11.0 Å². The number of aromatic nitrogens is 2. The van der Waals surface area contributed by atoms with Gasteiger partial charge in [0.2, 0.25) is 5.95 Å². The first-order valence-corrected chi connectivity index (χ1v) is 12.4. The number of rotatable bonds is 10. The van der Waals surface area contributed by atoms with Gasteiger partial charge in [0.25, 0.3) is 0 Å². The Bertz CT molecular complexity index is 1510. The van der Waals surface area contributed by atoms with Crippen LogP contribution < -0.4 is 31.2 Å². The van der Waals surface area contributed by atoms with E-state index in [9.17, 15) is 22.8 Å². The van der Waals surface area contributed by atoms with Gasteiger partial charge in [-0.05, 0) is 74.0 Å². The lowest BCUT2D eigenvalue weighted by Gasteiger charge is -2.16. The van der Waals surface area contributed by atoms with E-state index in [1.54, 1.807) is 42.5 Å². The number of unbranched alkanes of at least 4 members (excludes halogenated alkanes) is 1. The maximum atomic E-state index is 13.2. The van der Waals surface area contributed by atoms with Gasteiger partial charge in [0.1, 0.15) is 17.2 Å². The van der Waals surface area contributed by atoms with Crippen LogP contribution in [0, 0.1) is 0 Å². The topological polar surface area (TPSA) is 153 Å². The molecule has 3 amide bonds. The molecule has 14 heteroatoms. The number of anilines is 3. The third-order valence-electron chi connectivity index (χ3n) is 5.62. The molecule has 0 bridgehead atoms. The molecule has 0 unspecified atom stereocenters. The van der Waals surface area contributed by atoms with E-state index in [2.05, 4.69) is 30.7 Å². The Hall–Kier alpha value is -4.98. The number of carbonyl (C=O) groups excluding carboxylic acids is 2. The number of alkyl halides is 3. The summed E-state index contributed by atoms with van der Waals surface area (Å²) in [5.41, 5.74) is 5.99. The van der Waals surface area contributed by atoms with Gasteiger partial charge in [-0.15, -0.1) is 0 Å². The van der Waals surface area contributed by atoms with E-state index >= 15 is 0 Å². The highest BCUT2D eigenvalue weighted by Gasteiger charge is 2.31. The number of fused-ring (bicyclic) bond motifs is 1. The number of methoxy groups -OCH3 is 1. The van der Waals surface area contributed by atoms with Crippen molar-refractivity contribution in [1.29, 1.82) is 0 Å². The van der Waals surface area contributed by atoms with Crippen molar-refractivity contribution in [2.75, 3.05) is 36.2 Å². The second-order valence-corrected chi connectivity index (χ2v) is 8.64. The Morgan fingerprint density at radius 1 is 0.951 bits per heavy atom. The van der Waals surface area contributed by atoms with Gasteiger partial charge in [-0.25, -0.2) is 14.6 Å². The molecule has 0 fully saturated rings. The molecule has 1 heterocycles.